The van der Waals surface area contributed by atoms with Crippen molar-refractivity contribution in [2.75, 3.05) is 0 Å². The molecule has 3 aromatic rings. The minimum Gasteiger partial charge on any atom is -0.478 e. The monoisotopic (exact) mass is 253 g/mol. The first kappa shape index (κ1) is 11.4. The van der Waals surface area contributed by atoms with Gasteiger partial charge in [0.05, 0.1) is 16.6 Å². The summed E-state index contributed by atoms with van der Waals surface area (Å²) >= 11 is 0. The molecule has 0 saturated heterocycles. The standard InChI is InChI=1S/C14H11N3O2/c1-17-12-7-9(14(18)19)4-5-11(12)16-13(17)10-3-2-6-15-8-10/h2-8H,1H3,(H,18,19). The summed E-state index contributed by atoms with van der Waals surface area (Å²) < 4.78 is 1.87. The summed E-state index contributed by atoms with van der Waals surface area (Å²) in [7, 11) is 1.86. The summed E-state index contributed by atoms with van der Waals surface area (Å²) in [5.41, 5.74) is 2.72. The Morgan fingerprint density at radius 2 is 2.16 bits per heavy atom. The molecule has 2 aromatic heterocycles. The van der Waals surface area contributed by atoms with Crippen LogP contribution >= 0.6 is 0 Å². The SMILES string of the molecule is Cn1c(-c2cccnc2)nc2ccc(C(=O)O)cc21. The van der Waals surface area contributed by atoms with Crippen molar-refractivity contribution in [1.29, 1.82) is 0 Å². The lowest BCUT2D eigenvalue weighted by molar-refractivity contribution is 0.0697. The molecule has 0 amide bonds. The summed E-state index contributed by atoms with van der Waals surface area (Å²) in [6, 6.07) is 8.68. The predicted molar refractivity (Wildman–Crippen MR) is 70.9 cm³/mol. The van der Waals surface area contributed by atoms with E-state index in [1.807, 2.05) is 23.7 Å². The highest BCUT2D eigenvalue weighted by Gasteiger charge is 2.12. The first-order valence-electron chi connectivity index (χ1n) is 5.77. The van der Waals surface area contributed by atoms with Crippen LogP contribution in [0.1, 0.15) is 10.4 Å². The number of fused-ring (bicyclic) bond motifs is 1. The minimum atomic E-state index is -0.939. The largest absolute Gasteiger partial charge is 0.478 e. The Morgan fingerprint density at radius 1 is 1.32 bits per heavy atom. The van der Waals surface area contributed by atoms with Gasteiger partial charge in [0.15, 0.2) is 0 Å². The molecule has 3 rings (SSSR count). The Bertz CT molecular complexity index is 763. The van der Waals surface area contributed by atoms with Gasteiger partial charge in [0, 0.05) is 25.0 Å². The van der Waals surface area contributed by atoms with Gasteiger partial charge in [0.25, 0.3) is 0 Å². The molecule has 19 heavy (non-hydrogen) atoms. The van der Waals surface area contributed by atoms with Gasteiger partial charge in [-0.15, -0.1) is 0 Å². The van der Waals surface area contributed by atoms with Crippen LogP contribution in [0.5, 0.6) is 0 Å². The van der Waals surface area contributed by atoms with Crippen LogP contribution in [-0.4, -0.2) is 25.6 Å². The first-order chi connectivity index (χ1) is 9.16. The second kappa shape index (κ2) is 4.20. The van der Waals surface area contributed by atoms with Gasteiger partial charge in [0.1, 0.15) is 5.82 Å². The van der Waals surface area contributed by atoms with Crippen molar-refractivity contribution in [2.24, 2.45) is 7.05 Å². The number of hydrogen-bond acceptors (Lipinski definition) is 3. The number of carboxylic acid groups (broad SMARTS) is 1. The van der Waals surface area contributed by atoms with Gasteiger partial charge >= 0.3 is 5.97 Å². The zero-order valence-electron chi connectivity index (χ0n) is 10.2. The van der Waals surface area contributed by atoms with Gasteiger partial charge < -0.3 is 9.67 Å². The smallest absolute Gasteiger partial charge is 0.335 e. The number of aromatic nitrogens is 3. The molecule has 0 unspecified atom stereocenters. The highest BCUT2D eigenvalue weighted by Crippen LogP contribution is 2.23. The molecule has 0 atom stereocenters. The fourth-order valence-electron chi connectivity index (χ4n) is 2.08. The van der Waals surface area contributed by atoms with Gasteiger partial charge in [-0.1, -0.05) is 0 Å². The zero-order valence-corrected chi connectivity index (χ0v) is 10.2. The zero-order chi connectivity index (χ0) is 13.4. The van der Waals surface area contributed by atoms with Crippen molar-refractivity contribution in [2.45, 2.75) is 0 Å². The maximum Gasteiger partial charge on any atom is 0.335 e. The molecular formula is C14H11N3O2. The lowest BCUT2D eigenvalue weighted by Gasteiger charge is -2.01. The van der Waals surface area contributed by atoms with E-state index in [0.29, 0.717) is 0 Å². The maximum absolute atomic E-state index is 11.0. The summed E-state index contributed by atoms with van der Waals surface area (Å²) in [4.78, 5) is 19.6. The molecule has 1 aromatic carbocycles. The molecule has 0 radical (unpaired) electrons. The molecular weight excluding hydrogens is 242 g/mol. The summed E-state index contributed by atoms with van der Waals surface area (Å²) in [6.07, 6.45) is 3.44. The summed E-state index contributed by atoms with van der Waals surface area (Å²) in [6.45, 7) is 0. The number of hydrogen-bond donors (Lipinski definition) is 1. The molecule has 5 heteroatoms. The Labute approximate surface area is 109 Å². The van der Waals surface area contributed by atoms with E-state index in [0.717, 1.165) is 22.4 Å². The maximum atomic E-state index is 11.0. The number of pyridine rings is 1. The van der Waals surface area contributed by atoms with Crippen molar-refractivity contribution < 1.29 is 9.90 Å². The molecule has 0 spiro atoms. The number of aryl methyl sites for hydroxylation is 1. The van der Waals surface area contributed by atoms with E-state index in [9.17, 15) is 4.79 Å². The average Bonchev–Trinajstić information content (AvgIpc) is 2.77. The molecule has 5 nitrogen and oxygen atoms in total. The lowest BCUT2D eigenvalue weighted by Crippen LogP contribution is -1.97. The number of imidazole rings is 1. The summed E-state index contributed by atoms with van der Waals surface area (Å²) in [5, 5.41) is 9.02. The quantitative estimate of drug-likeness (QED) is 0.761. The van der Waals surface area contributed by atoms with Crippen molar-refractivity contribution in [3.8, 4) is 11.4 Å². The van der Waals surface area contributed by atoms with Crippen molar-refractivity contribution in [3.05, 3.63) is 48.3 Å². The average molecular weight is 253 g/mol. The topological polar surface area (TPSA) is 68.0 Å². The van der Waals surface area contributed by atoms with E-state index < -0.39 is 5.97 Å². The van der Waals surface area contributed by atoms with Crippen molar-refractivity contribution in [1.82, 2.24) is 14.5 Å². The number of nitrogens with zero attached hydrogens (tertiary/aromatic N) is 3. The molecule has 2 heterocycles. The summed E-state index contributed by atoms with van der Waals surface area (Å²) in [5.74, 6) is -0.170. The van der Waals surface area contributed by atoms with Gasteiger partial charge in [0.2, 0.25) is 0 Å². The van der Waals surface area contributed by atoms with Crippen LogP contribution in [0.25, 0.3) is 22.4 Å². The second-order valence-electron chi connectivity index (χ2n) is 4.24. The van der Waals surface area contributed by atoms with Crippen LogP contribution in [-0.2, 0) is 7.05 Å². The van der Waals surface area contributed by atoms with Crippen LogP contribution in [0.2, 0.25) is 0 Å². The van der Waals surface area contributed by atoms with Gasteiger partial charge in [-0.25, -0.2) is 9.78 Å². The van der Waals surface area contributed by atoms with Crippen LogP contribution in [0, 0.1) is 0 Å². The predicted octanol–water partition coefficient (Wildman–Crippen LogP) is 2.33. The van der Waals surface area contributed by atoms with Crippen LogP contribution in [0.15, 0.2) is 42.7 Å². The molecule has 0 saturated carbocycles. The van der Waals surface area contributed by atoms with Crippen LogP contribution in [0.4, 0.5) is 0 Å². The van der Waals surface area contributed by atoms with E-state index in [2.05, 4.69) is 9.97 Å². The Hall–Kier alpha value is -2.69. The highest BCUT2D eigenvalue weighted by atomic mass is 16.4. The van der Waals surface area contributed by atoms with Crippen LogP contribution < -0.4 is 0 Å². The fourth-order valence-corrected chi connectivity index (χ4v) is 2.08. The van der Waals surface area contributed by atoms with Gasteiger partial charge in [-0.3, -0.25) is 4.98 Å². The molecule has 0 bridgehead atoms. The van der Waals surface area contributed by atoms with Gasteiger partial charge in [-0.2, -0.15) is 0 Å². The van der Waals surface area contributed by atoms with E-state index in [4.69, 9.17) is 5.11 Å². The third-order valence-corrected chi connectivity index (χ3v) is 3.05. The number of carbonyl (C=O) groups is 1. The van der Waals surface area contributed by atoms with E-state index >= 15 is 0 Å². The lowest BCUT2D eigenvalue weighted by atomic mass is 10.2. The third kappa shape index (κ3) is 1.85. The number of benzene rings is 1. The first-order valence-corrected chi connectivity index (χ1v) is 5.77. The number of carboxylic acids is 1. The van der Waals surface area contributed by atoms with E-state index in [-0.39, 0.29) is 5.56 Å². The molecule has 0 aliphatic heterocycles. The van der Waals surface area contributed by atoms with E-state index in [1.165, 1.54) is 0 Å². The Kier molecular flexibility index (Phi) is 2.52. The number of rotatable bonds is 2. The van der Waals surface area contributed by atoms with Gasteiger partial charge in [-0.05, 0) is 30.3 Å². The molecule has 0 aliphatic carbocycles. The number of aromatic carboxylic acids is 1. The van der Waals surface area contributed by atoms with Crippen molar-refractivity contribution in [3.63, 3.8) is 0 Å². The third-order valence-electron chi connectivity index (χ3n) is 3.05. The molecule has 94 valence electrons. The Balaban J connectivity index is 2.24. The normalized spacial score (nSPS) is 10.8. The fraction of sp³-hybridized carbons (Fsp3) is 0.0714. The molecule has 0 fully saturated rings. The Morgan fingerprint density at radius 3 is 2.84 bits per heavy atom. The van der Waals surface area contributed by atoms with Crippen molar-refractivity contribution >= 4 is 17.0 Å². The molecule has 1 N–H and O–H groups in total. The second-order valence-corrected chi connectivity index (χ2v) is 4.24. The highest BCUT2D eigenvalue weighted by molar-refractivity contribution is 5.93. The molecule has 0 aliphatic rings. The van der Waals surface area contributed by atoms with E-state index in [1.54, 1.807) is 30.6 Å². The minimum absolute atomic E-state index is 0.258. The van der Waals surface area contributed by atoms with Crippen LogP contribution in [0.3, 0.4) is 0 Å².